The Morgan fingerprint density at radius 3 is 2.88 bits per heavy atom. The summed E-state index contributed by atoms with van der Waals surface area (Å²) in [6.45, 7) is 9.51. The molecule has 0 radical (unpaired) electrons. The number of furan rings is 1. The minimum absolute atomic E-state index is 0.406. The summed E-state index contributed by atoms with van der Waals surface area (Å²) in [5.41, 5.74) is 2.57. The van der Waals surface area contributed by atoms with E-state index in [1.54, 1.807) is 0 Å². The Bertz CT molecular complexity index is 687. The Balaban J connectivity index is 1.46. The number of nitrogens with zero attached hydrogens (tertiary/aromatic N) is 3. The Morgan fingerprint density at radius 1 is 1.29 bits per heavy atom. The van der Waals surface area contributed by atoms with Gasteiger partial charge in [0.15, 0.2) is 0 Å². The van der Waals surface area contributed by atoms with Crippen LogP contribution in [0.5, 0.6) is 0 Å². The highest BCUT2D eigenvalue weighted by atomic mass is 16.5. The van der Waals surface area contributed by atoms with Crippen molar-refractivity contribution in [3.63, 3.8) is 0 Å². The molecule has 1 atom stereocenters. The van der Waals surface area contributed by atoms with Crippen molar-refractivity contribution >= 4 is 0 Å². The fraction of sp³-hybridized carbons (Fsp3) is 0.632. The van der Waals surface area contributed by atoms with Gasteiger partial charge in [-0.3, -0.25) is 9.58 Å². The number of aromatic nitrogens is 2. The van der Waals surface area contributed by atoms with Crippen molar-refractivity contribution in [1.82, 2.24) is 14.7 Å². The maximum Gasteiger partial charge on any atom is 0.118 e. The topological polar surface area (TPSA) is 43.4 Å². The highest BCUT2D eigenvalue weighted by Crippen LogP contribution is 2.32. The minimum atomic E-state index is 0.406. The second-order valence-electron chi connectivity index (χ2n) is 7.25. The van der Waals surface area contributed by atoms with Crippen LogP contribution in [0.3, 0.4) is 0 Å². The number of rotatable bonds is 7. The average Bonchev–Trinajstić information content (AvgIpc) is 3.15. The molecule has 0 saturated heterocycles. The maximum absolute atomic E-state index is 6.01. The lowest BCUT2D eigenvalue weighted by Crippen LogP contribution is -2.34. The molecule has 0 spiro atoms. The molecule has 5 heteroatoms. The molecule has 4 rings (SSSR count). The summed E-state index contributed by atoms with van der Waals surface area (Å²) < 4.78 is 13.8. The number of ether oxygens (including phenoxy) is 1. The average molecular weight is 329 g/mol. The monoisotopic (exact) mass is 329 g/mol. The van der Waals surface area contributed by atoms with Gasteiger partial charge in [-0.1, -0.05) is 0 Å². The van der Waals surface area contributed by atoms with E-state index < -0.39 is 0 Å². The van der Waals surface area contributed by atoms with Gasteiger partial charge in [-0.2, -0.15) is 5.10 Å². The predicted octanol–water partition coefficient (Wildman–Crippen LogP) is 3.33. The molecule has 1 saturated carbocycles. The molecule has 3 heterocycles. The second kappa shape index (κ2) is 6.73. The number of aryl methyl sites for hydroxylation is 2. The fourth-order valence-corrected chi connectivity index (χ4v) is 3.50. The van der Waals surface area contributed by atoms with Crippen molar-refractivity contribution in [2.24, 2.45) is 5.92 Å². The summed E-state index contributed by atoms with van der Waals surface area (Å²) in [5.74, 6) is 3.23. The molecule has 1 aliphatic heterocycles. The SMILES string of the molecule is CCn1cc2c(n1)CN(Cc1ccc(C)o1)C[C@H]2COCC1CC1. The third-order valence-corrected chi connectivity index (χ3v) is 5.03. The third-order valence-electron chi connectivity index (χ3n) is 5.03. The van der Waals surface area contributed by atoms with E-state index in [9.17, 15) is 0 Å². The number of hydrogen-bond donors (Lipinski definition) is 0. The summed E-state index contributed by atoms with van der Waals surface area (Å²) in [6.07, 6.45) is 4.90. The molecule has 0 amide bonds. The van der Waals surface area contributed by atoms with Crippen LogP contribution in [0.2, 0.25) is 0 Å². The summed E-state index contributed by atoms with van der Waals surface area (Å²) in [5, 5.41) is 4.76. The first-order chi connectivity index (χ1) is 11.7. The quantitative estimate of drug-likeness (QED) is 0.781. The Morgan fingerprint density at radius 2 is 2.17 bits per heavy atom. The fourth-order valence-electron chi connectivity index (χ4n) is 3.50. The zero-order valence-corrected chi connectivity index (χ0v) is 14.7. The summed E-state index contributed by atoms with van der Waals surface area (Å²) in [6, 6.07) is 4.11. The van der Waals surface area contributed by atoms with Crippen molar-refractivity contribution in [2.45, 2.75) is 52.2 Å². The van der Waals surface area contributed by atoms with Crippen LogP contribution in [0.25, 0.3) is 0 Å². The van der Waals surface area contributed by atoms with Crippen LogP contribution in [0, 0.1) is 12.8 Å². The van der Waals surface area contributed by atoms with E-state index in [2.05, 4.69) is 28.8 Å². The maximum atomic E-state index is 6.01. The molecule has 130 valence electrons. The van der Waals surface area contributed by atoms with Gasteiger partial charge in [-0.15, -0.1) is 0 Å². The highest BCUT2D eigenvalue weighted by Gasteiger charge is 2.29. The lowest BCUT2D eigenvalue weighted by atomic mass is 9.95. The van der Waals surface area contributed by atoms with Crippen LogP contribution >= 0.6 is 0 Å². The molecule has 5 nitrogen and oxygen atoms in total. The lowest BCUT2D eigenvalue weighted by Gasteiger charge is -2.31. The predicted molar refractivity (Wildman–Crippen MR) is 91.7 cm³/mol. The first-order valence-corrected chi connectivity index (χ1v) is 9.13. The molecular weight excluding hydrogens is 302 g/mol. The normalized spacial score (nSPS) is 21.2. The summed E-state index contributed by atoms with van der Waals surface area (Å²) in [4.78, 5) is 2.43. The van der Waals surface area contributed by atoms with Crippen molar-refractivity contribution in [3.8, 4) is 0 Å². The van der Waals surface area contributed by atoms with Gasteiger partial charge in [0.2, 0.25) is 0 Å². The van der Waals surface area contributed by atoms with E-state index in [1.165, 1.54) is 24.1 Å². The standard InChI is InChI=1S/C19H27N3O2/c1-3-22-10-18-16(13-23-12-15-5-6-15)8-21(11-19(18)20-22)9-17-7-4-14(2)24-17/h4,7,10,15-16H,3,5-6,8-9,11-13H2,1-2H3/t16-/m0/s1. The lowest BCUT2D eigenvalue weighted by molar-refractivity contribution is 0.0873. The first kappa shape index (κ1) is 15.9. The summed E-state index contributed by atoms with van der Waals surface area (Å²) in [7, 11) is 0. The Labute approximate surface area is 143 Å². The number of hydrogen-bond acceptors (Lipinski definition) is 4. The Hall–Kier alpha value is -1.59. The van der Waals surface area contributed by atoms with Crippen molar-refractivity contribution in [1.29, 1.82) is 0 Å². The highest BCUT2D eigenvalue weighted by molar-refractivity contribution is 5.25. The van der Waals surface area contributed by atoms with Crippen LogP contribution in [0.1, 0.15) is 48.5 Å². The zero-order chi connectivity index (χ0) is 16.5. The van der Waals surface area contributed by atoms with E-state index in [-0.39, 0.29) is 0 Å². The van der Waals surface area contributed by atoms with Crippen LogP contribution in [-0.2, 0) is 24.4 Å². The van der Waals surface area contributed by atoms with Gasteiger partial charge >= 0.3 is 0 Å². The molecule has 0 N–H and O–H groups in total. The van der Waals surface area contributed by atoms with Crippen LogP contribution in [-0.4, -0.2) is 34.4 Å². The molecule has 0 aromatic carbocycles. The van der Waals surface area contributed by atoms with Crippen molar-refractivity contribution < 1.29 is 9.15 Å². The molecule has 1 fully saturated rings. The molecule has 1 aliphatic carbocycles. The Kier molecular flexibility index (Phi) is 4.46. The molecule has 2 aliphatic rings. The first-order valence-electron chi connectivity index (χ1n) is 9.13. The third kappa shape index (κ3) is 3.57. The van der Waals surface area contributed by atoms with Crippen LogP contribution in [0.4, 0.5) is 0 Å². The van der Waals surface area contributed by atoms with E-state index >= 15 is 0 Å². The van der Waals surface area contributed by atoms with Gasteiger partial charge in [0.05, 0.1) is 18.8 Å². The van der Waals surface area contributed by atoms with Crippen molar-refractivity contribution in [2.75, 3.05) is 19.8 Å². The molecule has 0 bridgehead atoms. The van der Waals surface area contributed by atoms with Gasteiger partial charge in [-0.05, 0) is 44.7 Å². The van der Waals surface area contributed by atoms with E-state index in [0.29, 0.717) is 5.92 Å². The smallest absolute Gasteiger partial charge is 0.118 e. The van der Waals surface area contributed by atoms with Gasteiger partial charge in [0.1, 0.15) is 11.5 Å². The van der Waals surface area contributed by atoms with Gasteiger partial charge in [-0.25, -0.2) is 0 Å². The van der Waals surface area contributed by atoms with Crippen LogP contribution < -0.4 is 0 Å². The van der Waals surface area contributed by atoms with E-state index in [0.717, 1.165) is 56.8 Å². The largest absolute Gasteiger partial charge is 0.465 e. The van der Waals surface area contributed by atoms with E-state index in [4.69, 9.17) is 14.3 Å². The molecule has 0 unspecified atom stereocenters. The van der Waals surface area contributed by atoms with Crippen molar-refractivity contribution in [3.05, 3.63) is 41.1 Å². The zero-order valence-electron chi connectivity index (χ0n) is 14.7. The molecule has 2 aromatic heterocycles. The van der Waals surface area contributed by atoms with Gasteiger partial charge in [0.25, 0.3) is 0 Å². The second-order valence-corrected chi connectivity index (χ2v) is 7.25. The van der Waals surface area contributed by atoms with Gasteiger partial charge in [0, 0.05) is 43.9 Å². The molecule has 24 heavy (non-hydrogen) atoms. The van der Waals surface area contributed by atoms with E-state index in [1.807, 2.05) is 13.0 Å². The van der Waals surface area contributed by atoms with Crippen LogP contribution in [0.15, 0.2) is 22.7 Å². The van der Waals surface area contributed by atoms with Gasteiger partial charge < -0.3 is 9.15 Å². The minimum Gasteiger partial charge on any atom is -0.465 e. The molecule has 2 aromatic rings. The number of fused-ring (bicyclic) bond motifs is 1. The summed E-state index contributed by atoms with van der Waals surface area (Å²) >= 11 is 0. The molecular formula is C19H27N3O2.